The molecule has 112 valence electrons. The zero-order valence-electron chi connectivity index (χ0n) is 12.5. The van der Waals surface area contributed by atoms with E-state index in [0.29, 0.717) is 6.42 Å². The highest BCUT2D eigenvalue weighted by Gasteiger charge is 2.05. The molecule has 1 aromatic heterocycles. The van der Waals surface area contributed by atoms with E-state index in [1.165, 1.54) is 10.3 Å². The maximum atomic E-state index is 11.6. The van der Waals surface area contributed by atoms with Crippen molar-refractivity contribution in [3.05, 3.63) is 59.1 Å². The van der Waals surface area contributed by atoms with Crippen LogP contribution >= 0.6 is 11.3 Å². The molecule has 4 heteroatoms. The second-order valence-corrected chi connectivity index (χ2v) is 6.36. The Balaban J connectivity index is 1.69. The van der Waals surface area contributed by atoms with Crippen molar-refractivity contribution in [1.29, 1.82) is 0 Å². The maximum Gasteiger partial charge on any atom is 0.224 e. The van der Waals surface area contributed by atoms with Gasteiger partial charge >= 0.3 is 0 Å². The third kappa shape index (κ3) is 3.52. The number of aromatic nitrogens is 1. The van der Waals surface area contributed by atoms with Gasteiger partial charge in [0.1, 0.15) is 0 Å². The summed E-state index contributed by atoms with van der Waals surface area (Å²) in [5.74, 6) is 0.0708. The van der Waals surface area contributed by atoms with Crippen LogP contribution in [0.15, 0.2) is 48.5 Å². The lowest BCUT2D eigenvalue weighted by atomic mass is 10.1. The van der Waals surface area contributed by atoms with Gasteiger partial charge in [0.2, 0.25) is 5.91 Å². The van der Waals surface area contributed by atoms with Crippen LogP contribution in [0.1, 0.15) is 30.3 Å². The maximum absolute atomic E-state index is 11.6. The van der Waals surface area contributed by atoms with Crippen LogP contribution in [0.2, 0.25) is 0 Å². The SMILES string of the molecule is CCCC(=O)Nc1ccc(Cc2nc3ccccc3s2)cc1. The van der Waals surface area contributed by atoms with Crippen LogP contribution in [0.25, 0.3) is 10.2 Å². The van der Waals surface area contributed by atoms with Crippen LogP contribution in [-0.2, 0) is 11.2 Å². The van der Waals surface area contributed by atoms with Crippen LogP contribution in [0, 0.1) is 0 Å². The summed E-state index contributed by atoms with van der Waals surface area (Å²) >= 11 is 1.73. The van der Waals surface area contributed by atoms with Crippen molar-refractivity contribution in [2.75, 3.05) is 5.32 Å². The second kappa shape index (κ2) is 6.71. The summed E-state index contributed by atoms with van der Waals surface area (Å²) in [6.07, 6.45) is 2.25. The van der Waals surface area contributed by atoms with Crippen molar-refractivity contribution < 1.29 is 4.79 Å². The molecule has 0 aliphatic rings. The smallest absolute Gasteiger partial charge is 0.224 e. The fourth-order valence-corrected chi connectivity index (χ4v) is 3.33. The fraction of sp³-hybridized carbons (Fsp3) is 0.222. The Hall–Kier alpha value is -2.20. The van der Waals surface area contributed by atoms with E-state index >= 15 is 0 Å². The van der Waals surface area contributed by atoms with Gasteiger partial charge in [-0.05, 0) is 36.2 Å². The Labute approximate surface area is 134 Å². The first-order chi connectivity index (χ1) is 10.7. The first kappa shape index (κ1) is 14.7. The predicted molar refractivity (Wildman–Crippen MR) is 92.4 cm³/mol. The van der Waals surface area contributed by atoms with E-state index in [1.807, 2.05) is 49.4 Å². The number of nitrogens with one attached hydrogen (secondary N) is 1. The largest absolute Gasteiger partial charge is 0.326 e. The molecule has 1 N–H and O–H groups in total. The number of thiazole rings is 1. The molecule has 0 unspecified atom stereocenters. The fourth-order valence-electron chi connectivity index (χ4n) is 2.33. The molecule has 3 rings (SSSR count). The van der Waals surface area contributed by atoms with Crippen molar-refractivity contribution in [3.8, 4) is 0 Å². The molecule has 2 aromatic carbocycles. The lowest BCUT2D eigenvalue weighted by Gasteiger charge is -2.05. The molecule has 0 bridgehead atoms. The first-order valence-corrected chi connectivity index (χ1v) is 8.29. The Morgan fingerprint density at radius 2 is 1.91 bits per heavy atom. The molecule has 0 radical (unpaired) electrons. The average Bonchev–Trinajstić information content (AvgIpc) is 2.91. The Bertz CT molecular complexity index is 744. The third-order valence-electron chi connectivity index (χ3n) is 3.41. The second-order valence-electron chi connectivity index (χ2n) is 5.25. The molecule has 0 saturated heterocycles. The lowest BCUT2D eigenvalue weighted by molar-refractivity contribution is -0.116. The summed E-state index contributed by atoms with van der Waals surface area (Å²) in [5.41, 5.74) is 3.12. The molecular weight excluding hydrogens is 292 g/mol. The van der Waals surface area contributed by atoms with E-state index < -0.39 is 0 Å². The van der Waals surface area contributed by atoms with Crippen molar-refractivity contribution >= 4 is 33.1 Å². The number of benzene rings is 2. The number of carbonyl (C=O) groups is 1. The number of carbonyl (C=O) groups excluding carboxylic acids is 1. The minimum absolute atomic E-state index is 0.0708. The summed E-state index contributed by atoms with van der Waals surface area (Å²) in [6.45, 7) is 2.00. The van der Waals surface area contributed by atoms with Gasteiger partial charge < -0.3 is 5.32 Å². The summed E-state index contributed by atoms with van der Waals surface area (Å²) < 4.78 is 1.22. The zero-order chi connectivity index (χ0) is 15.4. The molecule has 0 saturated carbocycles. The summed E-state index contributed by atoms with van der Waals surface area (Å²) in [4.78, 5) is 16.2. The van der Waals surface area contributed by atoms with E-state index in [2.05, 4.69) is 16.4 Å². The van der Waals surface area contributed by atoms with Crippen molar-refractivity contribution in [2.24, 2.45) is 0 Å². The Morgan fingerprint density at radius 1 is 1.14 bits per heavy atom. The molecule has 1 amide bonds. The quantitative estimate of drug-likeness (QED) is 0.747. The third-order valence-corrected chi connectivity index (χ3v) is 4.44. The molecule has 0 fully saturated rings. The average molecular weight is 310 g/mol. The van der Waals surface area contributed by atoms with Gasteiger partial charge in [-0.2, -0.15) is 0 Å². The van der Waals surface area contributed by atoms with Crippen LogP contribution in [0.5, 0.6) is 0 Å². The van der Waals surface area contributed by atoms with Gasteiger partial charge in [0.25, 0.3) is 0 Å². The molecule has 22 heavy (non-hydrogen) atoms. The highest BCUT2D eigenvalue weighted by atomic mass is 32.1. The van der Waals surface area contributed by atoms with Crippen molar-refractivity contribution in [1.82, 2.24) is 4.98 Å². The molecule has 0 aliphatic carbocycles. The number of para-hydroxylation sites is 1. The molecular formula is C18H18N2OS. The standard InChI is InChI=1S/C18H18N2OS/c1-2-5-17(21)19-14-10-8-13(9-11-14)12-18-20-15-6-3-4-7-16(15)22-18/h3-4,6-11H,2,5,12H2,1H3,(H,19,21). The van der Waals surface area contributed by atoms with E-state index in [1.54, 1.807) is 11.3 Å². The Morgan fingerprint density at radius 3 is 2.64 bits per heavy atom. The van der Waals surface area contributed by atoms with Crippen LogP contribution in [0.4, 0.5) is 5.69 Å². The molecule has 3 nitrogen and oxygen atoms in total. The number of amides is 1. The number of rotatable bonds is 5. The number of nitrogens with zero attached hydrogens (tertiary/aromatic N) is 1. The minimum atomic E-state index is 0.0708. The number of hydrogen-bond acceptors (Lipinski definition) is 3. The molecule has 0 spiro atoms. The minimum Gasteiger partial charge on any atom is -0.326 e. The van der Waals surface area contributed by atoms with Gasteiger partial charge in [0, 0.05) is 18.5 Å². The van der Waals surface area contributed by atoms with Gasteiger partial charge in [-0.15, -0.1) is 11.3 Å². The molecule has 0 atom stereocenters. The zero-order valence-corrected chi connectivity index (χ0v) is 13.3. The van der Waals surface area contributed by atoms with Crippen LogP contribution < -0.4 is 5.32 Å². The summed E-state index contributed by atoms with van der Waals surface area (Å²) in [5, 5.41) is 4.02. The van der Waals surface area contributed by atoms with Crippen LogP contribution in [-0.4, -0.2) is 10.9 Å². The van der Waals surface area contributed by atoms with Crippen molar-refractivity contribution in [2.45, 2.75) is 26.2 Å². The predicted octanol–water partition coefficient (Wildman–Crippen LogP) is 4.63. The first-order valence-electron chi connectivity index (χ1n) is 7.48. The van der Waals surface area contributed by atoms with Gasteiger partial charge in [-0.3, -0.25) is 4.79 Å². The van der Waals surface area contributed by atoms with Gasteiger partial charge in [0.05, 0.1) is 15.2 Å². The van der Waals surface area contributed by atoms with E-state index in [9.17, 15) is 4.79 Å². The molecule has 0 aliphatic heterocycles. The van der Waals surface area contributed by atoms with Crippen LogP contribution in [0.3, 0.4) is 0 Å². The molecule has 3 aromatic rings. The highest BCUT2D eigenvalue weighted by molar-refractivity contribution is 7.18. The van der Waals surface area contributed by atoms with E-state index in [0.717, 1.165) is 29.1 Å². The molecule has 1 heterocycles. The number of fused-ring (bicyclic) bond motifs is 1. The number of hydrogen-bond donors (Lipinski definition) is 1. The summed E-state index contributed by atoms with van der Waals surface area (Å²) in [6, 6.07) is 16.2. The van der Waals surface area contributed by atoms with Gasteiger partial charge in [-0.25, -0.2) is 4.98 Å². The Kier molecular flexibility index (Phi) is 4.49. The normalized spacial score (nSPS) is 10.8. The van der Waals surface area contributed by atoms with E-state index in [-0.39, 0.29) is 5.91 Å². The summed E-state index contributed by atoms with van der Waals surface area (Å²) in [7, 11) is 0. The van der Waals surface area contributed by atoms with Gasteiger partial charge in [-0.1, -0.05) is 31.2 Å². The monoisotopic (exact) mass is 310 g/mol. The lowest BCUT2D eigenvalue weighted by Crippen LogP contribution is -2.10. The van der Waals surface area contributed by atoms with Gasteiger partial charge in [0.15, 0.2) is 0 Å². The number of anilines is 1. The van der Waals surface area contributed by atoms with E-state index in [4.69, 9.17) is 0 Å². The highest BCUT2D eigenvalue weighted by Crippen LogP contribution is 2.24. The topological polar surface area (TPSA) is 42.0 Å². The van der Waals surface area contributed by atoms with Crippen molar-refractivity contribution in [3.63, 3.8) is 0 Å².